The Morgan fingerprint density at radius 1 is 1.16 bits per heavy atom. The zero-order chi connectivity index (χ0) is 15.7. The van der Waals surface area contributed by atoms with Gasteiger partial charge in [-0.3, -0.25) is 4.55 Å². The fraction of sp³-hybridized carbons (Fsp3) is 1.00. The van der Waals surface area contributed by atoms with Crippen molar-refractivity contribution in [2.75, 3.05) is 13.1 Å². The first-order chi connectivity index (χ1) is 8.51. The van der Waals surface area contributed by atoms with Crippen molar-refractivity contribution in [1.82, 2.24) is 4.90 Å². The molecule has 0 aliphatic heterocycles. The lowest BCUT2D eigenvalue weighted by molar-refractivity contribution is -0.0510. The monoisotopic (exact) mass is 307 g/mol. The summed E-state index contributed by atoms with van der Waals surface area (Å²) >= 11 is 0. The molecule has 1 N–H and O–H groups in total. The molecular formula is C11H24F3NO3S. The maximum Gasteiger partial charge on any atom is 0.522 e. The summed E-state index contributed by atoms with van der Waals surface area (Å²) in [7, 11) is -5.84. The first-order valence-electron chi connectivity index (χ1n) is 6.28. The van der Waals surface area contributed by atoms with E-state index in [9.17, 15) is 13.2 Å². The minimum atomic E-state index is -5.84. The molecule has 1 unspecified atom stereocenters. The molecule has 0 saturated heterocycles. The fourth-order valence-corrected chi connectivity index (χ4v) is 1.53. The Morgan fingerprint density at radius 3 is 1.74 bits per heavy atom. The molecule has 0 aromatic rings. The van der Waals surface area contributed by atoms with Crippen LogP contribution in [0.15, 0.2) is 0 Å². The van der Waals surface area contributed by atoms with Gasteiger partial charge in [0.2, 0.25) is 0 Å². The third-order valence-electron chi connectivity index (χ3n) is 2.70. The van der Waals surface area contributed by atoms with Crippen LogP contribution in [0.1, 0.15) is 47.0 Å². The van der Waals surface area contributed by atoms with Gasteiger partial charge in [-0.05, 0) is 26.4 Å². The number of halogens is 3. The Hall–Kier alpha value is -0.340. The van der Waals surface area contributed by atoms with E-state index in [0.29, 0.717) is 0 Å². The number of hydrogen-bond acceptors (Lipinski definition) is 3. The van der Waals surface area contributed by atoms with Crippen LogP contribution >= 0.6 is 0 Å². The topological polar surface area (TPSA) is 57.6 Å². The van der Waals surface area contributed by atoms with E-state index in [0.717, 1.165) is 6.04 Å². The summed E-state index contributed by atoms with van der Waals surface area (Å²) in [6.07, 6.45) is 4.06. The highest BCUT2D eigenvalue weighted by Gasteiger charge is 2.44. The molecule has 0 aromatic carbocycles. The van der Waals surface area contributed by atoms with E-state index in [1.165, 1.54) is 32.4 Å². The van der Waals surface area contributed by atoms with Crippen LogP contribution in [0.2, 0.25) is 0 Å². The smallest absolute Gasteiger partial charge is 0.301 e. The molecule has 0 fully saturated rings. The van der Waals surface area contributed by atoms with Crippen molar-refractivity contribution in [3.05, 3.63) is 0 Å². The average molecular weight is 307 g/mol. The van der Waals surface area contributed by atoms with Crippen molar-refractivity contribution < 1.29 is 26.1 Å². The van der Waals surface area contributed by atoms with Crippen LogP contribution in [0.5, 0.6) is 0 Å². The standard InChI is InChI=1S/C10H23N.CHF3O3S/c1-5-8-9-10(4)11(6-2)7-3;2-1(3,4)8(5,6)7/h10H,5-9H2,1-4H3;(H,5,6,7). The molecule has 8 heteroatoms. The average Bonchev–Trinajstić information content (AvgIpc) is 2.26. The molecule has 0 aliphatic rings. The SMILES string of the molecule is CCCCC(C)N(CC)CC.O=S(=O)(O)C(F)(F)F. The molecule has 0 heterocycles. The maximum absolute atomic E-state index is 10.7. The van der Waals surface area contributed by atoms with Gasteiger partial charge in [-0.1, -0.05) is 33.6 Å². The van der Waals surface area contributed by atoms with E-state index in [1.54, 1.807) is 0 Å². The summed E-state index contributed by atoms with van der Waals surface area (Å²) in [6.45, 7) is 11.5. The number of nitrogens with zero attached hydrogens (tertiary/aromatic N) is 1. The molecule has 0 radical (unpaired) electrons. The lowest BCUT2D eigenvalue weighted by Crippen LogP contribution is -2.32. The zero-order valence-electron chi connectivity index (χ0n) is 11.9. The summed E-state index contributed by atoms with van der Waals surface area (Å²) < 4.78 is 57.5. The van der Waals surface area contributed by atoms with Gasteiger partial charge in [0, 0.05) is 6.04 Å². The van der Waals surface area contributed by atoms with Gasteiger partial charge in [-0.15, -0.1) is 0 Å². The molecule has 0 bridgehead atoms. The number of unbranched alkanes of at least 4 members (excludes halogenated alkanes) is 1. The van der Waals surface area contributed by atoms with Crippen molar-refractivity contribution in [3.8, 4) is 0 Å². The van der Waals surface area contributed by atoms with Crippen molar-refractivity contribution in [1.29, 1.82) is 0 Å². The second kappa shape index (κ2) is 9.55. The van der Waals surface area contributed by atoms with Crippen LogP contribution < -0.4 is 0 Å². The quantitative estimate of drug-likeness (QED) is 0.604. The Kier molecular flexibility index (Phi) is 10.5. The largest absolute Gasteiger partial charge is 0.522 e. The summed E-state index contributed by atoms with van der Waals surface area (Å²) in [5.74, 6) is 0. The van der Waals surface area contributed by atoms with Crippen LogP contribution in [-0.4, -0.2) is 42.5 Å². The van der Waals surface area contributed by atoms with E-state index in [2.05, 4.69) is 32.6 Å². The third kappa shape index (κ3) is 10.1. The fourth-order valence-electron chi connectivity index (χ4n) is 1.53. The van der Waals surface area contributed by atoms with Crippen molar-refractivity contribution in [2.45, 2.75) is 58.5 Å². The van der Waals surface area contributed by atoms with E-state index < -0.39 is 15.6 Å². The van der Waals surface area contributed by atoms with Gasteiger partial charge in [0.05, 0.1) is 0 Å². The molecular weight excluding hydrogens is 283 g/mol. The van der Waals surface area contributed by atoms with Gasteiger partial charge in [0.1, 0.15) is 0 Å². The van der Waals surface area contributed by atoms with E-state index in [-0.39, 0.29) is 0 Å². The molecule has 0 rings (SSSR count). The van der Waals surface area contributed by atoms with E-state index in [1.807, 2.05) is 0 Å². The first kappa shape index (κ1) is 21.0. The molecule has 4 nitrogen and oxygen atoms in total. The van der Waals surface area contributed by atoms with Crippen molar-refractivity contribution in [3.63, 3.8) is 0 Å². The number of alkyl halides is 3. The van der Waals surface area contributed by atoms with Crippen LogP contribution in [0.25, 0.3) is 0 Å². The highest BCUT2D eigenvalue weighted by molar-refractivity contribution is 7.86. The molecule has 1 atom stereocenters. The summed E-state index contributed by atoms with van der Waals surface area (Å²) in [5.41, 5.74) is -5.53. The zero-order valence-corrected chi connectivity index (χ0v) is 12.7. The van der Waals surface area contributed by atoms with Gasteiger partial charge in [-0.2, -0.15) is 21.6 Å². The third-order valence-corrected chi connectivity index (χ3v) is 3.29. The maximum atomic E-state index is 10.7. The summed E-state index contributed by atoms with van der Waals surface area (Å²) in [4.78, 5) is 2.52. The second-order valence-corrected chi connectivity index (χ2v) is 5.55. The second-order valence-electron chi connectivity index (χ2n) is 4.13. The van der Waals surface area contributed by atoms with Crippen LogP contribution in [0, 0.1) is 0 Å². The van der Waals surface area contributed by atoms with Crippen LogP contribution in [-0.2, 0) is 10.1 Å². The molecule has 0 spiro atoms. The number of hydrogen-bond donors (Lipinski definition) is 1. The highest BCUT2D eigenvalue weighted by Crippen LogP contribution is 2.20. The predicted octanol–water partition coefficient (Wildman–Crippen LogP) is 3.30. The summed E-state index contributed by atoms with van der Waals surface area (Å²) in [5, 5.41) is 0. The van der Waals surface area contributed by atoms with Crippen molar-refractivity contribution in [2.24, 2.45) is 0 Å². The van der Waals surface area contributed by atoms with Crippen LogP contribution in [0.4, 0.5) is 13.2 Å². The lowest BCUT2D eigenvalue weighted by atomic mass is 10.1. The Labute approximate surface area is 113 Å². The van der Waals surface area contributed by atoms with Gasteiger partial charge in [-0.25, -0.2) is 0 Å². The number of rotatable bonds is 6. The molecule has 0 amide bonds. The predicted molar refractivity (Wildman–Crippen MR) is 69.5 cm³/mol. The minimum absolute atomic E-state index is 0.782. The van der Waals surface area contributed by atoms with Crippen LogP contribution in [0.3, 0.4) is 0 Å². The Morgan fingerprint density at radius 2 is 1.53 bits per heavy atom. The molecule has 118 valence electrons. The molecule has 19 heavy (non-hydrogen) atoms. The molecule has 0 aliphatic carbocycles. The van der Waals surface area contributed by atoms with Gasteiger partial charge >= 0.3 is 15.6 Å². The van der Waals surface area contributed by atoms with Gasteiger partial charge in [0.15, 0.2) is 0 Å². The molecule has 0 saturated carbocycles. The Bertz CT molecular complexity index is 314. The van der Waals surface area contributed by atoms with Gasteiger partial charge in [0.25, 0.3) is 0 Å². The van der Waals surface area contributed by atoms with Crippen molar-refractivity contribution >= 4 is 10.1 Å². The Balaban J connectivity index is 0. The summed E-state index contributed by atoms with van der Waals surface area (Å²) in [6, 6.07) is 0.782. The molecule has 0 aromatic heterocycles. The minimum Gasteiger partial charge on any atom is -0.301 e. The van der Waals surface area contributed by atoms with Gasteiger partial charge < -0.3 is 4.90 Å². The van der Waals surface area contributed by atoms with E-state index in [4.69, 9.17) is 13.0 Å². The lowest BCUT2D eigenvalue weighted by Gasteiger charge is -2.26. The van der Waals surface area contributed by atoms with E-state index >= 15 is 0 Å². The normalized spacial score (nSPS) is 13.9. The highest BCUT2D eigenvalue weighted by atomic mass is 32.2. The first-order valence-corrected chi connectivity index (χ1v) is 7.72.